The molecule has 1 aliphatic heterocycles. The van der Waals surface area contributed by atoms with Crippen molar-refractivity contribution in [2.75, 3.05) is 6.61 Å². The van der Waals surface area contributed by atoms with Gasteiger partial charge in [-0.15, -0.1) is 0 Å². The van der Waals surface area contributed by atoms with Crippen LogP contribution in [-0.4, -0.2) is 23.9 Å². The molecule has 0 aromatic rings. The van der Waals surface area contributed by atoms with E-state index in [0.29, 0.717) is 17.1 Å². The van der Waals surface area contributed by atoms with Crippen LogP contribution in [0, 0.1) is 5.41 Å². The Balaban J connectivity index is 1.58. The number of fused-ring (bicyclic) bond motifs is 1. The molecule has 1 heterocycles. The van der Waals surface area contributed by atoms with E-state index in [0.717, 1.165) is 6.61 Å². The van der Waals surface area contributed by atoms with Crippen LogP contribution < -0.4 is 0 Å². The van der Waals surface area contributed by atoms with Gasteiger partial charge in [0.25, 0.3) is 0 Å². The van der Waals surface area contributed by atoms with Crippen molar-refractivity contribution >= 4 is 0 Å². The second-order valence-electron chi connectivity index (χ2n) is 5.77. The van der Waals surface area contributed by atoms with Gasteiger partial charge in [-0.25, -0.2) is 0 Å². The van der Waals surface area contributed by atoms with E-state index in [9.17, 15) is 0 Å². The lowest BCUT2D eigenvalue weighted by molar-refractivity contribution is -0.0376. The van der Waals surface area contributed by atoms with Crippen molar-refractivity contribution in [2.45, 2.75) is 62.8 Å². The van der Waals surface area contributed by atoms with Gasteiger partial charge in [0, 0.05) is 18.4 Å². The summed E-state index contributed by atoms with van der Waals surface area (Å²) in [7, 11) is 0. The van der Waals surface area contributed by atoms with Crippen molar-refractivity contribution in [3.63, 3.8) is 0 Å². The van der Waals surface area contributed by atoms with Gasteiger partial charge in [-0.1, -0.05) is 0 Å². The Kier molecular flexibility index (Phi) is 1.19. The van der Waals surface area contributed by atoms with Crippen LogP contribution >= 0.6 is 0 Å². The molecule has 0 N–H and O–H groups in total. The van der Waals surface area contributed by atoms with E-state index >= 15 is 0 Å². The Bertz CT molecular complexity index is 269. The standard InChI is InChI=1S/C12H18O2/c1-2-13-9-7-11(9)8-10(3-4-10)12(14-11)5-6-12/h9H,2-8H2,1H3. The zero-order valence-corrected chi connectivity index (χ0v) is 8.84. The smallest absolute Gasteiger partial charge is 0.0983 e. The Morgan fingerprint density at radius 1 is 1.29 bits per heavy atom. The molecule has 4 rings (SSSR count). The maximum Gasteiger partial charge on any atom is 0.0983 e. The first kappa shape index (κ1) is 8.12. The average molecular weight is 194 g/mol. The minimum absolute atomic E-state index is 0.184. The normalized spacial score (nSPS) is 49.1. The summed E-state index contributed by atoms with van der Waals surface area (Å²) >= 11 is 0. The second-order valence-corrected chi connectivity index (χ2v) is 5.77. The van der Waals surface area contributed by atoms with Gasteiger partial charge in [0.05, 0.1) is 17.3 Å². The van der Waals surface area contributed by atoms with Crippen LogP contribution in [0.15, 0.2) is 0 Å². The third-order valence-corrected chi connectivity index (χ3v) is 4.89. The van der Waals surface area contributed by atoms with Crippen LogP contribution in [0.1, 0.15) is 45.4 Å². The second kappa shape index (κ2) is 2.05. The van der Waals surface area contributed by atoms with Crippen LogP contribution in [0.3, 0.4) is 0 Å². The fourth-order valence-corrected chi connectivity index (χ4v) is 3.76. The first-order valence-electron chi connectivity index (χ1n) is 6.06. The SMILES string of the molecule is CCOC1CC12CC1(CC1)C1(CC1)O2. The van der Waals surface area contributed by atoms with E-state index in [1.807, 2.05) is 0 Å². The highest BCUT2D eigenvalue weighted by Crippen LogP contribution is 2.78. The van der Waals surface area contributed by atoms with Crippen LogP contribution in [0.4, 0.5) is 0 Å². The molecule has 2 heteroatoms. The van der Waals surface area contributed by atoms with Crippen LogP contribution in [0.5, 0.6) is 0 Å². The summed E-state index contributed by atoms with van der Waals surface area (Å²) in [5.41, 5.74) is 1.15. The van der Waals surface area contributed by atoms with Crippen molar-refractivity contribution < 1.29 is 9.47 Å². The molecular formula is C12H18O2. The van der Waals surface area contributed by atoms with Crippen LogP contribution in [0.25, 0.3) is 0 Å². The Hall–Kier alpha value is -0.0800. The molecule has 0 bridgehead atoms. The van der Waals surface area contributed by atoms with Gasteiger partial charge in [-0.3, -0.25) is 0 Å². The summed E-state index contributed by atoms with van der Waals surface area (Å²) in [6.07, 6.45) is 8.42. The summed E-state index contributed by atoms with van der Waals surface area (Å²) in [5, 5.41) is 0. The molecule has 0 radical (unpaired) electrons. The van der Waals surface area contributed by atoms with Gasteiger partial charge in [-0.05, 0) is 39.0 Å². The average Bonchev–Trinajstić information content (AvgIpc) is 2.93. The summed E-state index contributed by atoms with van der Waals surface area (Å²) in [6, 6.07) is 0. The maximum atomic E-state index is 6.38. The highest BCUT2D eigenvalue weighted by Gasteiger charge is 2.80. The van der Waals surface area contributed by atoms with Gasteiger partial charge in [0.15, 0.2) is 0 Å². The largest absolute Gasteiger partial charge is 0.375 e. The van der Waals surface area contributed by atoms with Crippen molar-refractivity contribution in [1.82, 2.24) is 0 Å². The van der Waals surface area contributed by atoms with Gasteiger partial charge in [0.1, 0.15) is 0 Å². The Morgan fingerprint density at radius 3 is 2.57 bits per heavy atom. The molecule has 1 saturated heterocycles. The number of ether oxygens (including phenoxy) is 2. The molecular weight excluding hydrogens is 176 g/mol. The minimum atomic E-state index is 0.184. The lowest BCUT2D eigenvalue weighted by atomic mass is 9.93. The summed E-state index contributed by atoms with van der Waals surface area (Å²) in [6.45, 7) is 2.93. The van der Waals surface area contributed by atoms with Crippen molar-refractivity contribution in [3.8, 4) is 0 Å². The van der Waals surface area contributed by atoms with E-state index in [1.54, 1.807) is 0 Å². The summed E-state index contributed by atoms with van der Waals surface area (Å²) in [4.78, 5) is 0. The van der Waals surface area contributed by atoms with Gasteiger partial charge in [-0.2, -0.15) is 0 Å². The molecule has 2 atom stereocenters. The molecule has 2 unspecified atom stereocenters. The van der Waals surface area contributed by atoms with E-state index in [4.69, 9.17) is 9.47 Å². The van der Waals surface area contributed by atoms with E-state index < -0.39 is 0 Å². The summed E-state index contributed by atoms with van der Waals surface area (Å²) < 4.78 is 12.1. The number of hydrogen-bond acceptors (Lipinski definition) is 2. The molecule has 14 heavy (non-hydrogen) atoms. The predicted octanol–water partition coefficient (Wildman–Crippen LogP) is 2.27. The third-order valence-electron chi connectivity index (χ3n) is 4.89. The van der Waals surface area contributed by atoms with E-state index in [1.165, 1.54) is 38.5 Å². The Morgan fingerprint density at radius 2 is 2.07 bits per heavy atom. The maximum absolute atomic E-state index is 6.38. The van der Waals surface area contributed by atoms with Crippen molar-refractivity contribution in [3.05, 3.63) is 0 Å². The lowest BCUT2D eigenvalue weighted by Gasteiger charge is -2.14. The fraction of sp³-hybridized carbons (Fsp3) is 1.00. The molecule has 4 fully saturated rings. The van der Waals surface area contributed by atoms with E-state index in [2.05, 4.69) is 6.92 Å². The topological polar surface area (TPSA) is 18.5 Å². The monoisotopic (exact) mass is 194 g/mol. The molecule has 78 valence electrons. The zero-order valence-electron chi connectivity index (χ0n) is 8.84. The lowest BCUT2D eigenvalue weighted by Crippen LogP contribution is -2.20. The first-order valence-corrected chi connectivity index (χ1v) is 6.06. The quantitative estimate of drug-likeness (QED) is 0.671. The number of hydrogen-bond donors (Lipinski definition) is 0. The summed E-state index contributed by atoms with van der Waals surface area (Å²) in [5.74, 6) is 0. The molecule has 3 aliphatic carbocycles. The fourth-order valence-electron chi connectivity index (χ4n) is 3.76. The molecule has 0 amide bonds. The highest BCUT2D eigenvalue weighted by molar-refractivity contribution is 5.29. The number of rotatable bonds is 2. The van der Waals surface area contributed by atoms with Crippen LogP contribution in [0.2, 0.25) is 0 Å². The highest BCUT2D eigenvalue weighted by atomic mass is 16.6. The molecule has 3 saturated carbocycles. The minimum Gasteiger partial charge on any atom is -0.375 e. The molecule has 0 aromatic carbocycles. The van der Waals surface area contributed by atoms with Gasteiger partial charge >= 0.3 is 0 Å². The van der Waals surface area contributed by atoms with Crippen molar-refractivity contribution in [2.24, 2.45) is 5.41 Å². The zero-order chi connectivity index (χ0) is 9.44. The molecule has 3 spiro atoms. The molecule has 0 aromatic heterocycles. The van der Waals surface area contributed by atoms with Gasteiger partial charge in [0.2, 0.25) is 0 Å². The molecule has 4 aliphatic rings. The van der Waals surface area contributed by atoms with Gasteiger partial charge < -0.3 is 9.47 Å². The van der Waals surface area contributed by atoms with Crippen molar-refractivity contribution in [1.29, 1.82) is 0 Å². The first-order chi connectivity index (χ1) is 6.74. The predicted molar refractivity (Wildman–Crippen MR) is 52.1 cm³/mol. The van der Waals surface area contributed by atoms with Crippen LogP contribution in [-0.2, 0) is 9.47 Å². The molecule has 2 nitrogen and oxygen atoms in total. The third kappa shape index (κ3) is 0.772. The van der Waals surface area contributed by atoms with E-state index in [-0.39, 0.29) is 5.60 Å². The Labute approximate surface area is 85.0 Å².